The van der Waals surface area contributed by atoms with Crippen LogP contribution in [-0.4, -0.2) is 41.5 Å². The second-order valence-electron chi connectivity index (χ2n) is 5.39. The van der Waals surface area contributed by atoms with Gasteiger partial charge in [-0.2, -0.15) is 0 Å². The molecule has 0 aliphatic carbocycles. The van der Waals surface area contributed by atoms with E-state index >= 15 is 0 Å². The van der Waals surface area contributed by atoms with Gasteiger partial charge >= 0.3 is 0 Å². The van der Waals surface area contributed by atoms with Crippen LogP contribution in [0, 0.1) is 0 Å². The van der Waals surface area contributed by atoms with Crippen molar-refractivity contribution < 1.29 is 4.74 Å². The van der Waals surface area contributed by atoms with E-state index in [1.165, 1.54) is 0 Å². The van der Waals surface area contributed by atoms with Crippen molar-refractivity contribution in [3.8, 4) is 22.0 Å². The molecule has 3 aromatic rings. The number of aromatic nitrogens is 3. The summed E-state index contributed by atoms with van der Waals surface area (Å²) < 4.78 is 5.46. The molecule has 7 heteroatoms. The lowest BCUT2D eigenvalue weighted by Gasteiger charge is -2.29. The molecule has 122 valence electrons. The monoisotopic (exact) mass is 358 g/mol. The maximum Gasteiger partial charge on any atom is 0.193 e. The Balaban J connectivity index is 1.81. The first-order valence-electron chi connectivity index (χ1n) is 7.68. The highest BCUT2D eigenvalue weighted by molar-refractivity contribution is 7.13. The smallest absolute Gasteiger partial charge is 0.193 e. The normalized spacial score (nSPS) is 14.8. The van der Waals surface area contributed by atoms with Crippen LogP contribution >= 0.6 is 22.9 Å². The molecule has 1 aromatic carbocycles. The summed E-state index contributed by atoms with van der Waals surface area (Å²) in [4.78, 5) is 8.03. The standard InChI is InChI=1S/C17H15ClN4OS/c18-13-5-3-12(4-6-13)15-17(22-7-9-23-10-8-22)19-16(21-20-15)14-2-1-11-24-14/h1-6,11H,7-10H2. The molecule has 3 heterocycles. The highest BCUT2D eigenvalue weighted by atomic mass is 35.5. The maximum atomic E-state index is 6.00. The minimum atomic E-state index is 0.657. The average molecular weight is 359 g/mol. The minimum absolute atomic E-state index is 0.657. The van der Waals surface area contributed by atoms with Crippen molar-refractivity contribution in [3.63, 3.8) is 0 Å². The molecule has 0 unspecified atom stereocenters. The number of nitrogens with zero attached hydrogens (tertiary/aromatic N) is 4. The molecule has 0 amide bonds. The first-order chi connectivity index (χ1) is 11.8. The van der Waals surface area contributed by atoms with Crippen molar-refractivity contribution in [3.05, 3.63) is 46.8 Å². The third-order valence-electron chi connectivity index (χ3n) is 3.84. The molecule has 0 spiro atoms. The predicted octanol–water partition coefficient (Wildman–Crippen LogP) is 3.76. The third-order valence-corrected chi connectivity index (χ3v) is 4.96. The van der Waals surface area contributed by atoms with Gasteiger partial charge in [-0.05, 0) is 23.6 Å². The Kier molecular flexibility index (Phi) is 4.42. The van der Waals surface area contributed by atoms with E-state index in [4.69, 9.17) is 21.3 Å². The Morgan fingerprint density at radius 2 is 1.83 bits per heavy atom. The van der Waals surface area contributed by atoms with Gasteiger partial charge in [0.25, 0.3) is 0 Å². The summed E-state index contributed by atoms with van der Waals surface area (Å²) >= 11 is 7.61. The van der Waals surface area contributed by atoms with Gasteiger partial charge in [-0.3, -0.25) is 0 Å². The second-order valence-corrected chi connectivity index (χ2v) is 6.78. The highest BCUT2D eigenvalue weighted by Crippen LogP contribution is 2.31. The number of hydrogen-bond acceptors (Lipinski definition) is 6. The Bertz CT molecular complexity index is 817. The van der Waals surface area contributed by atoms with Gasteiger partial charge in [0, 0.05) is 23.7 Å². The van der Waals surface area contributed by atoms with Gasteiger partial charge in [-0.1, -0.05) is 29.8 Å². The fourth-order valence-electron chi connectivity index (χ4n) is 2.62. The van der Waals surface area contributed by atoms with Crippen molar-refractivity contribution in [2.24, 2.45) is 0 Å². The molecular formula is C17H15ClN4OS. The molecule has 0 N–H and O–H groups in total. The highest BCUT2D eigenvalue weighted by Gasteiger charge is 2.20. The van der Waals surface area contributed by atoms with Crippen molar-refractivity contribution >= 4 is 28.8 Å². The van der Waals surface area contributed by atoms with E-state index in [0.717, 1.165) is 35.0 Å². The molecule has 2 aromatic heterocycles. The Morgan fingerprint density at radius 1 is 1.04 bits per heavy atom. The Hall–Kier alpha value is -2.02. The lowest BCUT2D eigenvalue weighted by Crippen LogP contribution is -2.37. The molecule has 0 radical (unpaired) electrons. The van der Waals surface area contributed by atoms with E-state index in [9.17, 15) is 0 Å². The number of benzene rings is 1. The molecule has 1 aliphatic heterocycles. The average Bonchev–Trinajstić information content (AvgIpc) is 3.17. The maximum absolute atomic E-state index is 6.00. The van der Waals surface area contributed by atoms with Gasteiger partial charge in [0.15, 0.2) is 11.6 Å². The van der Waals surface area contributed by atoms with Gasteiger partial charge in [0.2, 0.25) is 0 Å². The van der Waals surface area contributed by atoms with Gasteiger partial charge in [-0.15, -0.1) is 21.5 Å². The number of ether oxygens (including phenoxy) is 1. The molecular weight excluding hydrogens is 344 g/mol. The van der Waals surface area contributed by atoms with Crippen molar-refractivity contribution in [2.45, 2.75) is 0 Å². The molecule has 1 aliphatic rings. The molecule has 4 rings (SSSR count). The molecule has 24 heavy (non-hydrogen) atoms. The number of thiophene rings is 1. The molecule has 1 saturated heterocycles. The van der Waals surface area contributed by atoms with E-state index in [2.05, 4.69) is 15.1 Å². The topological polar surface area (TPSA) is 51.1 Å². The van der Waals surface area contributed by atoms with Crippen LogP contribution in [0.4, 0.5) is 5.82 Å². The number of hydrogen-bond donors (Lipinski definition) is 0. The summed E-state index contributed by atoms with van der Waals surface area (Å²) in [7, 11) is 0. The summed E-state index contributed by atoms with van der Waals surface area (Å²) in [6.45, 7) is 2.98. The van der Waals surface area contributed by atoms with Crippen LogP contribution in [0.5, 0.6) is 0 Å². The van der Waals surface area contributed by atoms with Crippen LogP contribution in [0.25, 0.3) is 22.0 Å². The van der Waals surface area contributed by atoms with E-state index < -0.39 is 0 Å². The lowest BCUT2D eigenvalue weighted by atomic mass is 10.1. The largest absolute Gasteiger partial charge is 0.378 e. The number of halogens is 1. The van der Waals surface area contributed by atoms with Gasteiger partial charge in [-0.25, -0.2) is 4.98 Å². The van der Waals surface area contributed by atoms with Crippen LogP contribution in [-0.2, 0) is 4.74 Å². The lowest BCUT2D eigenvalue weighted by molar-refractivity contribution is 0.122. The molecule has 0 atom stereocenters. The van der Waals surface area contributed by atoms with Crippen LogP contribution < -0.4 is 4.90 Å². The van der Waals surface area contributed by atoms with E-state index in [1.54, 1.807) is 11.3 Å². The summed E-state index contributed by atoms with van der Waals surface area (Å²) in [6, 6.07) is 11.6. The molecule has 1 fully saturated rings. The van der Waals surface area contributed by atoms with Crippen molar-refractivity contribution in [2.75, 3.05) is 31.2 Å². The van der Waals surface area contributed by atoms with E-state index in [0.29, 0.717) is 24.1 Å². The Morgan fingerprint density at radius 3 is 2.54 bits per heavy atom. The third kappa shape index (κ3) is 3.13. The zero-order chi connectivity index (χ0) is 16.4. The minimum Gasteiger partial charge on any atom is -0.378 e. The van der Waals surface area contributed by atoms with Gasteiger partial charge < -0.3 is 9.64 Å². The summed E-state index contributed by atoms with van der Waals surface area (Å²) in [5.74, 6) is 1.50. The summed E-state index contributed by atoms with van der Waals surface area (Å²) in [5, 5.41) is 11.5. The first kappa shape index (κ1) is 15.5. The van der Waals surface area contributed by atoms with Crippen LogP contribution in [0.2, 0.25) is 5.02 Å². The Labute approximate surface area is 148 Å². The fourth-order valence-corrected chi connectivity index (χ4v) is 3.40. The quantitative estimate of drug-likeness (QED) is 0.713. The number of rotatable bonds is 3. The van der Waals surface area contributed by atoms with E-state index in [1.807, 2.05) is 41.8 Å². The SMILES string of the molecule is Clc1ccc(-c2nnc(-c3cccs3)nc2N2CCOCC2)cc1. The van der Waals surface area contributed by atoms with Crippen LogP contribution in [0.1, 0.15) is 0 Å². The molecule has 5 nitrogen and oxygen atoms in total. The number of anilines is 1. The number of morpholine rings is 1. The zero-order valence-electron chi connectivity index (χ0n) is 12.9. The molecule has 0 saturated carbocycles. The second kappa shape index (κ2) is 6.84. The van der Waals surface area contributed by atoms with Crippen LogP contribution in [0.15, 0.2) is 41.8 Å². The predicted molar refractivity (Wildman–Crippen MR) is 96.6 cm³/mol. The molecule has 0 bridgehead atoms. The van der Waals surface area contributed by atoms with E-state index in [-0.39, 0.29) is 0 Å². The van der Waals surface area contributed by atoms with Crippen LogP contribution in [0.3, 0.4) is 0 Å². The summed E-state index contributed by atoms with van der Waals surface area (Å²) in [6.07, 6.45) is 0. The van der Waals surface area contributed by atoms with Gasteiger partial charge in [0.05, 0.1) is 18.1 Å². The fraction of sp³-hybridized carbons (Fsp3) is 0.235. The van der Waals surface area contributed by atoms with Crippen molar-refractivity contribution in [1.29, 1.82) is 0 Å². The zero-order valence-corrected chi connectivity index (χ0v) is 14.4. The first-order valence-corrected chi connectivity index (χ1v) is 8.94. The summed E-state index contributed by atoms with van der Waals surface area (Å²) in [5.41, 5.74) is 1.73. The van der Waals surface area contributed by atoms with Gasteiger partial charge in [0.1, 0.15) is 5.69 Å². The van der Waals surface area contributed by atoms with Crippen molar-refractivity contribution in [1.82, 2.24) is 15.2 Å².